The second kappa shape index (κ2) is 5.26. The van der Waals surface area contributed by atoms with Crippen LogP contribution in [-0.4, -0.2) is 51.3 Å². The lowest BCUT2D eigenvalue weighted by atomic mass is 9.93. The van der Waals surface area contributed by atoms with Crippen LogP contribution in [0, 0.1) is 5.92 Å². The molecule has 3 saturated heterocycles. The normalized spacial score (nSPS) is 39.3. The van der Waals surface area contributed by atoms with Crippen LogP contribution in [0.2, 0.25) is 18.1 Å². The summed E-state index contributed by atoms with van der Waals surface area (Å²) in [5.74, 6) is -1.25. The fourth-order valence-corrected chi connectivity index (χ4v) is 4.08. The molecule has 6 nitrogen and oxygen atoms in total. The standard InChI is InChI=1S/C16H28O6Si/c1-15(2,3)23(6,7)18-8-9-10-11(22-16(4,5)21-10)12-13(17)20-14(9)19-12/h9-12,14H,8H2,1-7H3/t9-,10+,11+,12+,14+/m0/s1. The molecular weight excluding hydrogens is 316 g/mol. The van der Waals surface area contributed by atoms with E-state index in [9.17, 15) is 4.79 Å². The zero-order chi connectivity index (χ0) is 17.2. The summed E-state index contributed by atoms with van der Waals surface area (Å²) in [6.45, 7) is 15.2. The van der Waals surface area contributed by atoms with E-state index in [4.69, 9.17) is 23.4 Å². The van der Waals surface area contributed by atoms with Crippen LogP contribution in [0.5, 0.6) is 0 Å². The molecule has 5 atom stereocenters. The molecule has 23 heavy (non-hydrogen) atoms. The van der Waals surface area contributed by atoms with Gasteiger partial charge in [-0.3, -0.25) is 0 Å². The number of ether oxygens (including phenoxy) is 4. The molecule has 7 heteroatoms. The van der Waals surface area contributed by atoms with E-state index < -0.39 is 32.6 Å². The quantitative estimate of drug-likeness (QED) is 0.579. The number of esters is 1. The average Bonchev–Trinajstić information content (AvgIpc) is 2.87. The van der Waals surface area contributed by atoms with Crippen molar-refractivity contribution < 1.29 is 28.2 Å². The molecule has 0 aliphatic carbocycles. The van der Waals surface area contributed by atoms with Gasteiger partial charge in [0.1, 0.15) is 12.2 Å². The second-order valence-electron chi connectivity index (χ2n) is 8.66. The van der Waals surface area contributed by atoms with Crippen LogP contribution in [0.15, 0.2) is 0 Å². The highest BCUT2D eigenvalue weighted by Crippen LogP contribution is 2.45. The van der Waals surface area contributed by atoms with Crippen molar-refractivity contribution in [3.05, 3.63) is 0 Å². The first-order valence-electron chi connectivity index (χ1n) is 8.27. The lowest BCUT2D eigenvalue weighted by Gasteiger charge is -2.40. The largest absolute Gasteiger partial charge is 0.433 e. The smallest absolute Gasteiger partial charge is 0.340 e. The molecule has 0 aromatic rings. The minimum Gasteiger partial charge on any atom is -0.433 e. The van der Waals surface area contributed by atoms with Crippen molar-refractivity contribution in [1.29, 1.82) is 0 Å². The van der Waals surface area contributed by atoms with E-state index >= 15 is 0 Å². The monoisotopic (exact) mass is 344 g/mol. The summed E-state index contributed by atoms with van der Waals surface area (Å²) in [6, 6.07) is 0. The Kier molecular flexibility index (Phi) is 3.97. The molecule has 0 N–H and O–H groups in total. The number of carbonyl (C=O) groups is 1. The third-order valence-corrected chi connectivity index (χ3v) is 9.92. The second-order valence-corrected chi connectivity index (χ2v) is 13.5. The minimum absolute atomic E-state index is 0.114. The maximum Gasteiger partial charge on any atom is 0.340 e. The molecule has 0 spiro atoms. The molecule has 0 amide bonds. The fourth-order valence-electron chi connectivity index (χ4n) is 3.04. The SMILES string of the molecule is CC1(C)O[C@@H]2[C@H](CO[Si](C)(C)C(C)(C)C)[C@H]3OC(=O)[C@H](O3)[C@@H]2O1. The molecule has 0 radical (unpaired) electrons. The van der Waals surface area contributed by atoms with E-state index in [2.05, 4.69) is 33.9 Å². The van der Waals surface area contributed by atoms with E-state index in [1.54, 1.807) is 0 Å². The fraction of sp³-hybridized carbons (Fsp3) is 0.938. The van der Waals surface area contributed by atoms with Gasteiger partial charge in [-0.1, -0.05) is 20.8 Å². The zero-order valence-corrected chi connectivity index (χ0v) is 16.0. The summed E-state index contributed by atoms with van der Waals surface area (Å²) in [5, 5.41) is 0.114. The zero-order valence-electron chi connectivity index (χ0n) is 15.0. The van der Waals surface area contributed by atoms with Crippen LogP contribution in [0.4, 0.5) is 0 Å². The molecule has 0 aromatic carbocycles. The third kappa shape index (κ3) is 2.97. The highest BCUT2D eigenvalue weighted by Gasteiger charge is 2.62. The van der Waals surface area contributed by atoms with Gasteiger partial charge in [0, 0.05) is 6.61 Å². The van der Waals surface area contributed by atoms with Crippen molar-refractivity contribution >= 4 is 14.3 Å². The Bertz CT molecular complexity index is 497. The molecule has 3 aliphatic rings. The summed E-state index contributed by atoms with van der Waals surface area (Å²) in [5.41, 5.74) is 0. The van der Waals surface area contributed by atoms with Crippen molar-refractivity contribution in [3.63, 3.8) is 0 Å². The molecular formula is C16H28O6Si. The number of fused-ring (bicyclic) bond motifs is 4. The first-order chi connectivity index (χ1) is 10.4. The Morgan fingerprint density at radius 3 is 2.39 bits per heavy atom. The average molecular weight is 344 g/mol. The molecule has 0 unspecified atom stereocenters. The molecule has 3 fully saturated rings. The Balaban J connectivity index is 1.77. The van der Waals surface area contributed by atoms with Gasteiger partial charge in [0.25, 0.3) is 0 Å². The van der Waals surface area contributed by atoms with Crippen LogP contribution in [-0.2, 0) is 28.2 Å². The number of hydrogen-bond acceptors (Lipinski definition) is 6. The van der Waals surface area contributed by atoms with Crippen LogP contribution in [0.25, 0.3) is 0 Å². The Hall–Kier alpha value is -0.473. The predicted octanol–water partition coefficient (Wildman–Crippen LogP) is 2.43. The van der Waals surface area contributed by atoms with E-state index in [0.29, 0.717) is 6.61 Å². The van der Waals surface area contributed by atoms with E-state index in [1.807, 2.05) is 13.8 Å². The van der Waals surface area contributed by atoms with Gasteiger partial charge in [-0.05, 0) is 32.0 Å². The summed E-state index contributed by atoms with van der Waals surface area (Å²) >= 11 is 0. The van der Waals surface area contributed by atoms with E-state index in [-0.39, 0.29) is 23.0 Å². The lowest BCUT2D eigenvalue weighted by Crippen LogP contribution is -2.52. The summed E-state index contributed by atoms with van der Waals surface area (Å²) in [7, 11) is -1.91. The van der Waals surface area contributed by atoms with Gasteiger partial charge in [0.15, 0.2) is 20.2 Å². The molecule has 0 saturated carbocycles. The topological polar surface area (TPSA) is 63.2 Å². The Labute approximate surface area is 138 Å². The van der Waals surface area contributed by atoms with Crippen molar-refractivity contribution in [1.82, 2.24) is 0 Å². The van der Waals surface area contributed by atoms with Gasteiger partial charge in [-0.25, -0.2) is 4.79 Å². The van der Waals surface area contributed by atoms with Gasteiger partial charge in [0.05, 0.1) is 5.92 Å². The molecule has 3 rings (SSSR count). The summed E-state index contributed by atoms with van der Waals surface area (Å²) in [6.07, 6.45) is -1.96. The highest BCUT2D eigenvalue weighted by molar-refractivity contribution is 6.74. The van der Waals surface area contributed by atoms with E-state index in [0.717, 1.165) is 0 Å². The third-order valence-electron chi connectivity index (χ3n) is 5.42. The highest BCUT2D eigenvalue weighted by atomic mass is 28.4. The van der Waals surface area contributed by atoms with Gasteiger partial charge in [-0.2, -0.15) is 0 Å². The molecule has 3 aliphatic heterocycles. The summed E-state index contributed by atoms with van der Waals surface area (Å²) in [4.78, 5) is 12.0. The van der Waals surface area contributed by atoms with Crippen molar-refractivity contribution in [2.24, 2.45) is 5.92 Å². The van der Waals surface area contributed by atoms with E-state index in [1.165, 1.54) is 0 Å². The van der Waals surface area contributed by atoms with Crippen molar-refractivity contribution in [2.45, 2.75) is 83.1 Å². The molecule has 132 valence electrons. The number of hydrogen-bond donors (Lipinski definition) is 0. The molecule has 2 bridgehead atoms. The first-order valence-corrected chi connectivity index (χ1v) is 11.2. The van der Waals surface area contributed by atoms with Gasteiger partial charge in [0.2, 0.25) is 6.29 Å². The van der Waals surface area contributed by atoms with Gasteiger partial charge < -0.3 is 23.4 Å². The Morgan fingerprint density at radius 1 is 1.17 bits per heavy atom. The van der Waals surface area contributed by atoms with Crippen LogP contribution in [0.3, 0.4) is 0 Å². The van der Waals surface area contributed by atoms with Crippen LogP contribution in [0.1, 0.15) is 34.6 Å². The predicted molar refractivity (Wildman–Crippen MR) is 85.2 cm³/mol. The van der Waals surface area contributed by atoms with Crippen molar-refractivity contribution in [2.75, 3.05) is 6.61 Å². The molecule has 3 heterocycles. The first kappa shape index (κ1) is 17.4. The van der Waals surface area contributed by atoms with Crippen LogP contribution < -0.4 is 0 Å². The Morgan fingerprint density at radius 2 is 1.78 bits per heavy atom. The molecule has 0 aromatic heterocycles. The number of carbonyl (C=O) groups excluding carboxylic acids is 1. The van der Waals surface area contributed by atoms with Gasteiger partial charge >= 0.3 is 5.97 Å². The summed E-state index contributed by atoms with van der Waals surface area (Å²) < 4.78 is 29.4. The lowest BCUT2D eigenvalue weighted by molar-refractivity contribution is -0.183. The van der Waals surface area contributed by atoms with Crippen LogP contribution >= 0.6 is 0 Å². The van der Waals surface area contributed by atoms with Crippen molar-refractivity contribution in [3.8, 4) is 0 Å². The minimum atomic E-state index is -1.91. The number of rotatable bonds is 3. The maximum absolute atomic E-state index is 12.0. The maximum atomic E-state index is 12.0. The van der Waals surface area contributed by atoms with Gasteiger partial charge in [-0.15, -0.1) is 0 Å².